The van der Waals surface area contributed by atoms with E-state index in [2.05, 4.69) is 54.8 Å². The van der Waals surface area contributed by atoms with Crippen molar-refractivity contribution in [3.63, 3.8) is 0 Å². The van der Waals surface area contributed by atoms with Crippen LogP contribution in [0.15, 0.2) is 147 Å². The van der Waals surface area contributed by atoms with Crippen LogP contribution < -0.4 is 88.1 Å². The highest BCUT2D eigenvalue weighted by Crippen LogP contribution is 2.37. The van der Waals surface area contributed by atoms with E-state index in [1.54, 1.807) is 132 Å². The zero-order valence-corrected chi connectivity index (χ0v) is 73.4. The van der Waals surface area contributed by atoms with Gasteiger partial charge < -0.3 is 97.9 Å². The molecule has 17 rings (SSSR count). The Kier molecular flexibility index (Phi) is 29.3. The summed E-state index contributed by atoms with van der Waals surface area (Å²) in [6.45, 7) is 6.08. The summed E-state index contributed by atoms with van der Waals surface area (Å²) in [7, 11) is 8.66. The fourth-order valence-electron chi connectivity index (χ4n) is 15.0. The molecule has 0 spiro atoms. The zero-order valence-electron chi connectivity index (χ0n) is 73.4. The molecule has 8 aromatic rings. The van der Waals surface area contributed by atoms with Gasteiger partial charge in [-0.3, -0.25) is 38.4 Å². The monoisotopic (exact) mass is 1840 g/mol. The maximum Gasteiger partial charge on any atom is 0.422 e. The first-order valence-electron chi connectivity index (χ1n) is 42.9. The lowest BCUT2D eigenvalue weighted by Crippen LogP contribution is -2.53. The first kappa shape index (κ1) is 94.2. The van der Waals surface area contributed by atoms with Crippen LogP contribution in [0.25, 0.3) is 0 Å². The van der Waals surface area contributed by atoms with Gasteiger partial charge in [0.05, 0.1) is 103 Å². The number of aromatic nitrogens is 8. The van der Waals surface area contributed by atoms with Gasteiger partial charge in [-0.1, -0.05) is 0 Å². The quantitative estimate of drug-likeness (QED) is 0.0395. The van der Waals surface area contributed by atoms with Crippen LogP contribution in [0.3, 0.4) is 0 Å². The number of carbonyl (C=O) groups excluding carboxylic acids is 8. The van der Waals surface area contributed by atoms with Gasteiger partial charge >= 0.3 is 6.18 Å². The van der Waals surface area contributed by atoms with Crippen LogP contribution in [0.4, 0.5) is 76.8 Å². The van der Waals surface area contributed by atoms with Gasteiger partial charge in [0.25, 0.3) is 35.5 Å². The van der Waals surface area contributed by atoms with Crippen molar-refractivity contribution in [3.05, 3.63) is 147 Å². The van der Waals surface area contributed by atoms with Crippen molar-refractivity contribution in [1.82, 2.24) is 55.0 Å². The van der Waals surface area contributed by atoms with Crippen LogP contribution in [-0.4, -0.2) is 280 Å². The van der Waals surface area contributed by atoms with Crippen LogP contribution >= 0.6 is 0 Å². The van der Waals surface area contributed by atoms with E-state index in [9.17, 15) is 69.1 Å². The number of nitrogens with two attached hydrogens (primary N) is 1. The minimum atomic E-state index is -4.45. The molecule has 0 bridgehead atoms. The number of hydrogen-bond donors (Lipinski definition) is 2. The van der Waals surface area contributed by atoms with Gasteiger partial charge in [0.1, 0.15) is 46.3 Å². The lowest BCUT2D eigenvalue weighted by Gasteiger charge is -2.40. The first-order valence-corrected chi connectivity index (χ1v) is 42.9. The minimum absolute atomic E-state index is 0.00949. The van der Waals surface area contributed by atoms with E-state index in [0.29, 0.717) is 157 Å². The second kappa shape index (κ2) is 41.0. The Bertz CT molecular complexity index is 5310. The minimum Gasteiger partial charge on any atom is -0.479 e. The number of hydrogen-bond acceptors (Lipinski definition) is 28. The van der Waals surface area contributed by atoms with Crippen molar-refractivity contribution in [3.8, 4) is 46.5 Å². The summed E-state index contributed by atoms with van der Waals surface area (Å²) in [4.78, 5) is 150. The Balaban J connectivity index is 0.000000142. The summed E-state index contributed by atoms with van der Waals surface area (Å²) in [6.07, 6.45) is 9.46. The zero-order chi connectivity index (χ0) is 93.9. The summed E-state index contributed by atoms with van der Waals surface area (Å²) >= 11 is 0. The lowest BCUT2D eigenvalue weighted by atomic mass is 9.99. The maximum absolute atomic E-state index is 12.9. The second-order valence-electron chi connectivity index (χ2n) is 33.6. The van der Waals surface area contributed by atoms with Crippen molar-refractivity contribution < 1.29 is 107 Å². The molecule has 4 atom stereocenters. The number of amides is 8. The molecule has 132 heavy (non-hydrogen) atoms. The smallest absolute Gasteiger partial charge is 0.422 e. The summed E-state index contributed by atoms with van der Waals surface area (Å²) < 4.78 is 131. The van der Waals surface area contributed by atoms with E-state index < -0.39 is 62.3 Å². The number of nitrogens with one attached hydrogen (secondary N) is 1. The highest BCUT2D eigenvalue weighted by atomic mass is 19.4. The van der Waals surface area contributed by atoms with Gasteiger partial charge in [-0.05, 0) is 91.6 Å². The molecule has 8 aliphatic heterocycles. The van der Waals surface area contributed by atoms with Crippen molar-refractivity contribution >= 4 is 93.3 Å². The van der Waals surface area contributed by atoms with E-state index in [1.165, 1.54) is 67.8 Å². The molecular formula is C89H101F7N20O16. The number of nitrogens with zero attached hydrogens (tertiary/aromatic N) is 18. The van der Waals surface area contributed by atoms with E-state index >= 15 is 0 Å². The van der Waals surface area contributed by atoms with E-state index in [-0.39, 0.29) is 94.3 Å². The molecule has 43 heteroatoms. The Labute approximate surface area is 754 Å². The van der Waals surface area contributed by atoms with Gasteiger partial charge in [0.2, 0.25) is 47.1 Å². The highest BCUT2D eigenvalue weighted by Gasteiger charge is 2.43. The number of pyridine rings is 8. The topological polar surface area (TPSA) is 384 Å². The fourth-order valence-corrected chi connectivity index (χ4v) is 15.0. The van der Waals surface area contributed by atoms with Crippen LogP contribution in [0.5, 0.6) is 46.5 Å². The van der Waals surface area contributed by atoms with Gasteiger partial charge in [-0.25, -0.2) is 57.4 Å². The normalized spacial score (nSPS) is 19.3. The molecule has 8 aromatic heterocycles. The van der Waals surface area contributed by atoms with Gasteiger partial charge in [-0.2, -0.15) is 13.2 Å². The fraction of sp³-hybridized carbons (Fsp3) is 0.461. The Morgan fingerprint density at radius 3 is 0.894 bits per heavy atom. The average Bonchev–Trinajstić information content (AvgIpc) is 1.68. The third-order valence-electron chi connectivity index (χ3n) is 22.7. The van der Waals surface area contributed by atoms with Crippen molar-refractivity contribution in [2.75, 3.05) is 179 Å². The molecule has 1 aliphatic carbocycles. The molecule has 0 radical (unpaired) electrons. The molecule has 0 unspecified atom stereocenters. The summed E-state index contributed by atoms with van der Waals surface area (Å²) in [6, 6.07) is 26.8. The number of halogens is 7. The summed E-state index contributed by atoms with van der Waals surface area (Å²) in [5.41, 5.74) is 7.99. The van der Waals surface area contributed by atoms with Crippen molar-refractivity contribution in [2.24, 2.45) is 35.3 Å². The molecule has 8 amide bonds. The number of anilines is 8. The second-order valence-corrected chi connectivity index (χ2v) is 33.6. The van der Waals surface area contributed by atoms with Gasteiger partial charge in [0, 0.05) is 178 Å². The SMILES string of the molecule is CC(F)(F)COc1ccc(O[C@@H]2CCN(c3ccc(N4CC(C(N)=O)C4)nc3)C2=O)cn1.CN(C)C(=O)C1CN(c2ccc(N3CC[C@@H](Oc4ccc(OCC(C)(F)F)nc4)C3=O)cn2)C1.CN(C)C(=O)C1CN(c2ccc(N3CC[C@@H](Oc4ccc(OCC5CC5)nc4)C3=O)cn2)C1.CNC(=O)C1CN(c2ccc(N3CC[C@@H](Oc4ccc(OCC(F)(F)F)nc4)C3=O)cn2)C1. The number of carbonyl (C=O) groups is 8. The van der Waals surface area contributed by atoms with Crippen LogP contribution in [0, 0.1) is 29.6 Å². The van der Waals surface area contributed by atoms with Crippen LogP contribution in [0.1, 0.15) is 52.4 Å². The molecule has 9 aliphatic rings. The predicted octanol–water partition coefficient (Wildman–Crippen LogP) is 7.59. The van der Waals surface area contributed by atoms with Gasteiger partial charge in [0.15, 0.2) is 44.2 Å². The Hall–Kier alpha value is -13.9. The third-order valence-corrected chi connectivity index (χ3v) is 22.7. The lowest BCUT2D eigenvalue weighted by molar-refractivity contribution is -0.154. The van der Waals surface area contributed by atoms with E-state index in [4.69, 9.17) is 38.9 Å². The molecule has 702 valence electrons. The largest absolute Gasteiger partial charge is 0.479 e. The standard InChI is InChI=1S/C24H29N5O4.C23H27F2N5O4.C21H22F3N5O4.C21H23F2N5O4/c1-27(2)23(30)17-13-28(14-17)21-7-5-18(11-25-21)29-10-9-20(24(29)31)33-19-6-8-22(26-12-19)32-15-16-3-4-16;1-23(24,25)14-33-20-7-5-17(11-27-20)34-18-8-9-30(22(18)32)16-4-6-19(26-10-16)29-12-15(13-29)21(31)28(2)3;1-25-19(30)13-10-28(11-13)17-4-2-14(8-26-17)29-7-6-16(20(29)31)33-15-3-5-18(27-9-15)32-12-21(22,23)24;1-21(22,23)12-31-18-5-3-15(9-26-18)32-16-6-7-28(20(16)30)14-2-4-17(25-8-14)27-10-13(11-27)19(24)29/h5-8,11-12,16-17,20H,3-4,9-10,13-15H2,1-2H3;4-7,10-11,15,18H,8-9,12-14H2,1-3H3;2-5,8-9,13,16H,6-7,10-12H2,1H3,(H,25,30);2-5,8-9,13,16H,6-7,10-12H2,1H3,(H2,24,29)/t20-;18-;2*16-/m1111/s1. The Morgan fingerprint density at radius 1 is 0.379 bits per heavy atom. The Morgan fingerprint density at radius 2 is 0.659 bits per heavy atom. The van der Waals surface area contributed by atoms with Crippen LogP contribution in [-0.2, 0) is 38.4 Å². The molecule has 1 saturated carbocycles. The molecule has 16 heterocycles. The average molecular weight is 1840 g/mol. The molecule has 36 nitrogen and oxygen atoms in total. The van der Waals surface area contributed by atoms with Crippen molar-refractivity contribution in [1.29, 1.82) is 0 Å². The van der Waals surface area contributed by atoms with E-state index in [1.807, 2.05) is 39.0 Å². The first-order chi connectivity index (χ1) is 63.0. The molecular weight excluding hydrogens is 1740 g/mol. The maximum atomic E-state index is 12.9. The predicted molar refractivity (Wildman–Crippen MR) is 465 cm³/mol. The number of ether oxygens (including phenoxy) is 8. The number of primary amides is 1. The van der Waals surface area contributed by atoms with Crippen LogP contribution in [0.2, 0.25) is 0 Å². The molecule has 8 saturated heterocycles. The molecule has 0 aromatic carbocycles. The molecule has 3 N–H and O–H groups in total. The highest BCUT2D eigenvalue weighted by molar-refractivity contribution is 6.01. The van der Waals surface area contributed by atoms with Crippen molar-refractivity contribution in [2.45, 2.75) is 94.8 Å². The summed E-state index contributed by atoms with van der Waals surface area (Å²) in [5, 5.41) is 2.63. The number of alkyl halides is 7. The summed E-state index contributed by atoms with van der Waals surface area (Å²) in [5.74, 6) is -1.16. The third kappa shape index (κ3) is 24.6. The number of rotatable bonds is 31. The van der Waals surface area contributed by atoms with E-state index in [0.717, 1.165) is 42.8 Å². The van der Waals surface area contributed by atoms with Gasteiger partial charge in [-0.15, -0.1) is 0 Å². The molecule has 9 fully saturated rings.